The number of nitrogens with one attached hydrogen (secondary N) is 1. The van der Waals surface area contributed by atoms with E-state index in [9.17, 15) is 4.79 Å². The lowest BCUT2D eigenvalue weighted by atomic mass is 10.3. The smallest absolute Gasteiger partial charge is 0.241 e. The van der Waals surface area contributed by atoms with Crippen molar-refractivity contribution in [3.63, 3.8) is 0 Å². The topological polar surface area (TPSA) is 35.6 Å². The molecule has 1 aliphatic heterocycles. The van der Waals surface area contributed by atoms with E-state index in [2.05, 4.69) is 17.3 Å². The third-order valence-electron chi connectivity index (χ3n) is 3.07. The number of carbonyl (C=O) groups is 1. The van der Waals surface area contributed by atoms with E-state index in [1.165, 1.54) is 0 Å². The summed E-state index contributed by atoms with van der Waals surface area (Å²) in [5.41, 5.74) is 0.995. The van der Waals surface area contributed by atoms with E-state index in [4.69, 9.17) is 0 Å². The van der Waals surface area contributed by atoms with Crippen molar-refractivity contribution >= 4 is 24.0 Å². The Kier molecular flexibility index (Phi) is 5.95. The van der Waals surface area contributed by atoms with Crippen molar-refractivity contribution in [2.45, 2.75) is 0 Å². The molecule has 5 heteroatoms. The molecule has 1 aromatic carbocycles. The molecule has 18 heavy (non-hydrogen) atoms. The molecule has 4 nitrogen and oxygen atoms in total. The highest BCUT2D eigenvalue weighted by Crippen LogP contribution is 2.05. The number of piperazine rings is 1. The van der Waals surface area contributed by atoms with E-state index < -0.39 is 0 Å². The van der Waals surface area contributed by atoms with Gasteiger partial charge in [-0.1, -0.05) is 18.2 Å². The van der Waals surface area contributed by atoms with E-state index in [0.717, 1.165) is 31.9 Å². The zero-order valence-electron chi connectivity index (χ0n) is 10.6. The summed E-state index contributed by atoms with van der Waals surface area (Å²) < 4.78 is 0. The molecule has 0 atom stereocenters. The number of rotatable bonds is 3. The molecule has 0 saturated carbocycles. The van der Waals surface area contributed by atoms with Gasteiger partial charge < -0.3 is 15.1 Å². The third kappa shape index (κ3) is 4.20. The number of likely N-dealkylation sites (N-methyl/N-ethyl adjacent to an activating group) is 1. The molecule has 1 heterocycles. The van der Waals surface area contributed by atoms with Gasteiger partial charge in [0, 0.05) is 31.9 Å². The van der Waals surface area contributed by atoms with Gasteiger partial charge in [-0.2, -0.15) is 0 Å². The largest absolute Gasteiger partial charge is 0.376 e. The first kappa shape index (κ1) is 14.8. The summed E-state index contributed by atoms with van der Waals surface area (Å²) in [6, 6.07) is 9.83. The van der Waals surface area contributed by atoms with Crippen LogP contribution >= 0.6 is 12.4 Å². The van der Waals surface area contributed by atoms with Gasteiger partial charge in [0.1, 0.15) is 0 Å². The van der Waals surface area contributed by atoms with Crippen LogP contribution in [-0.4, -0.2) is 55.5 Å². The van der Waals surface area contributed by atoms with Crippen LogP contribution in [0, 0.1) is 0 Å². The second kappa shape index (κ2) is 7.24. The van der Waals surface area contributed by atoms with E-state index >= 15 is 0 Å². The number of anilines is 1. The lowest BCUT2D eigenvalue weighted by Crippen LogP contribution is -2.48. The molecule has 1 fully saturated rings. The molecular weight excluding hydrogens is 250 g/mol. The van der Waals surface area contributed by atoms with Gasteiger partial charge in [0.25, 0.3) is 0 Å². The van der Waals surface area contributed by atoms with E-state index in [0.29, 0.717) is 6.54 Å². The van der Waals surface area contributed by atoms with E-state index in [1.54, 1.807) is 0 Å². The van der Waals surface area contributed by atoms with Gasteiger partial charge in [-0.15, -0.1) is 12.4 Å². The highest BCUT2D eigenvalue weighted by Gasteiger charge is 2.18. The number of para-hydroxylation sites is 1. The van der Waals surface area contributed by atoms with Gasteiger partial charge in [0.15, 0.2) is 0 Å². The maximum absolute atomic E-state index is 11.9. The molecule has 0 spiro atoms. The molecule has 0 radical (unpaired) electrons. The Balaban J connectivity index is 0.00000162. The fraction of sp³-hybridized carbons (Fsp3) is 0.462. The number of halogens is 1. The molecule has 100 valence electrons. The maximum atomic E-state index is 11.9. The zero-order chi connectivity index (χ0) is 12.1. The highest BCUT2D eigenvalue weighted by atomic mass is 35.5. The molecule has 1 aliphatic rings. The summed E-state index contributed by atoms with van der Waals surface area (Å²) >= 11 is 0. The monoisotopic (exact) mass is 269 g/mol. The minimum atomic E-state index is 0. The minimum absolute atomic E-state index is 0. The van der Waals surface area contributed by atoms with Crippen LogP contribution in [0.25, 0.3) is 0 Å². The number of benzene rings is 1. The number of hydrogen-bond donors (Lipinski definition) is 1. The predicted molar refractivity (Wildman–Crippen MR) is 76.3 cm³/mol. The lowest BCUT2D eigenvalue weighted by Gasteiger charge is -2.32. The third-order valence-corrected chi connectivity index (χ3v) is 3.07. The maximum Gasteiger partial charge on any atom is 0.241 e. The van der Waals surface area contributed by atoms with Crippen LogP contribution in [0.5, 0.6) is 0 Å². The van der Waals surface area contributed by atoms with Crippen LogP contribution in [0.4, 0.5) is 5.69 Å². The van der Waals surface area contributed by atoms with Crippen LogP contribution in [-0.2, 0) is 4.79 Å². The standard InChI is InChI=1S/C13H19N3O.ClH/c1-15-7-9-16(10-8-15)13(17)11-14-12-5-3-2-4-6-12;/h2-6,14H,7-11H2,1H3;1H. The SMILES string of the molecule is CN1CCN(C(=O)CNc2ccccc2)CC1.Cl. The summed E-state index contributed by atoms with van der Waals surface area (Å²) in [6.45, 7) is 4.00. The number of amides is 1. The predicted octanol–water partition coefficient (Wildman–Crippen LogP) is 1.29. The molecule has 1 amide bonds. The zero-order valence-corrected chi connectivity index (χ0v) is 11.4. The Morgan fingerprint density at radius 3 is 2.39 bits per heavy atom. The van der Waals surface area contributed by atoms with Crippen molar-refractivity contribution < 1.29 is 4.79 Å². The molecule has 1 N–H and O–H groups in total. The molecular formula is C13H20ClN3O. The van der Waals surface area contributed by atoms with Crippen LogP contribution in [0.2, 0.25) is 0 Å². The Morgan fingerprint density at radius 2 is 1.78 bits per heavy atom. The van der Waals surface area contributed by atoms with Gasteiger partial charge >= 0.3 is 0 Å². The summed E-state index contributed by atoms with van der Waals surface area (Å²) in [6.07, 6.45) is 0. The normalized spacial score (nSPS) is 15.9. The molecule has 2 rings (SSSR count). The van der Waals surface area contributed by atoms with Crippen molar-refractivity contribution in [1.82, 2.24) is 9.80 Å². The second-order valence-corrected chi connectivity index (χ2v) is 4.40. The molecule has 0 aliphatic carbocycles. The first-order chi connectivity index (χ1) is 8.25. The molecule has 0 bridgehead atoms. The number of carbonyl (C=O) groups excluding carboxylic acids is 1. The Morgan fingerprint density at radius 1 is 1.17 bits per heavy atom. The first-order valence-electron chi connectivity index (χ1n) is 6.01. The fourth-order valence-electron chi connectivity index (χ4n) is 1.90. The van der Waals surface area contributed by atoms with Crippen LogP contribution in [0.1, 0.15) is 0 Å². The first-order valence-corrected chi connectivity index (χ1v) is 6.01. The van der Waals surface area contributed by atoms with Crippen LogP contribution < -0.4 is 5.32 Å². The van der Waals surface area contributed by atoms with Gasteiger partial charge in [-0.25, -0.2) is 0 Å². The van der Waals surface area contributed by atoms with Gasteiger partial charge in [0.05, 0.1) is 6.54 Å². The summed E-state index contributed by atoms with van der Waals surface area (Å²) in [4.78, 5) is 16.1. The minimum Gasteiger partial charge on any atom is -0.376 e. The summed E-state index contributed by atoms with van der Waals surface area (Å²) in [5, 5.41) is 3.15. The Hall–Kier alpha value is -1.26. The molecule has 1 aromatic rings. The number of hydrogen-bond acceptors (Lipinski definition) is 3. The Bertz CT molecular complexity index is 364. The number of nitrogens with zero attached hydrogens (tertiary/aromatic N) is 2. The van der Waals surface area contributed by atoms with Gasteiger partial charge in [0.2, 0.25) is 5.91 Å². The Labute approximate surface area is 114 Å². The summed E-state index contributed by atoms with van der Waals surface area (Å²) in [7, 11) is 2.09. The highest BCUT2D eigenvalue weighted by molar-refractivity contribution is 5.85. The van der Waals surface area contributed by atoms with Crippen molar-refractivity contribution in [3.8, 4) is 0 Å². The lowest BCUT2D eigenvalue weighted by molar-refractivity contribution is -0.130. The van der Waals surface area contributed by atoms with Crippen LogP contribution in [0.15, 0.2) is 30.3 Å². The van der Waals surface area contributed by atoms with Crippen LogP contribution in [0.3, 0.4) is 0 Å². The summed E-state index contributed by atoms with van der Waals surface area (Å²) in [5.74, 6) is 0.182. The average molecular weight is 270 g/mol. The second-order valence-electron chi connectivity index (χ2n) is 4.40. The van der Waals surface area contributed by atoms with E-state index in [1.807, 2.05) is 35.2 Å². The van der Waals surface area contributed by atoms with Crippen molar-refractivity contribution in [3.05, 3.63) is 30.3 Å². The quantitative estimate of drug-likeness (QED) is 0.898. The van der Waals surface area contributed by atoms with Gasteiger partial charge in [-0.05, 0) is 19.2 Å². The average Bonchev–Trinajstić information content (AvgIpc) is 2.38. The fourth-order valence-corrected chi connectivity index (χ4v) is 1.90. The van der Waals surface area contributed by atoms with Crippen molar-refractivity contribution in [2.24, 2.45) is 0 Å². The van der Waals surface area contributed by atoms with Gasteiger partial charge in [-0.3, -0.25) is 4.79 Å². The molecule has 0 unspecified atom stereocenters. The van der Waals surface area contributed by atoms with Crippen molar-refractivity contribution in [2.75, 3.05) is 45.1 Å². The molecule has 0 aromatic heterocycles. The van der Waals surface area contributed by atoms with Crippen molar-refractivity contribution in [1.29, 1.82) is 0 Å². The molecule has 1 saturated heterocycles. The van der Waals surface area contributed by atoms with E-state index in [-0.39, 0.29) is 18.3 Å².